The van der Waals surface area contributed by atoms with E-state index in [-0.39, 0.29) is 18.4 Å². The first-order chi connectivity index (χ1) is 8.97. The molecule has 2 atom stereocenters. The van der Waals surface area contributed by atoms with Crippen LogP contribution in [0.25, 0.3) is 0 Å². The van der Waals surface area contributed by atoms with Gasteiger partial charge in [0.15, 0.2) is 11.6 Å². The fraction of sp³-hybridized carbons (Fsp3) is 0.500. The Hall–Kier alpha value is -1.49. The van der Waals surface area contributed by atoms with Gasteiger partial charge in [-0.3, -0.25) is 4.79 Å². The largest absolute Gasteiger partial charge is 0.342 e. The molecule has 19 heavy (non-hydrogen) atoms. The van der Waals surface area contributed by atoms with Crippen molar-refractivity contribution in [2.75, 3.05) is 13.1 Å². The number of nitrogens with two attached hydrogens (primary N) is 1. The Morgan fingerprint density at radius 1 is 1.47 bits per heavy atom. The molecule has 104 valence electrons. The molecule has 1 aliphatic rings. The molecule has 1 fully saturated rings. The molecule has 0 spiro atoms. The first kappa shape index (κ1) is 13.9. The molecule has 3 nitrogen and oxygen atoms in total. The summed E-state index contributed by atoms with van der Waals surface area (Å²) in [5, 5.41) is 0. The highest BCUT2D eigenvalue weighted by molar-refractivity contribution is 5.79. The summed E-state index contributed by atoms with van der Waals surface area (Å²) in [5.41, 5.74) is 6.31. The fourth-order valence-corrected chi connectivity index (χ4v) is 2.38. The van der Waals surface area contributed by atoms with Crippen LogP contribution >= 0.6 is 0 Å². The maximum absolute atomic E-state index is 13.1. The molecule has 1 heterocycles. The van der Waals surface area contributed by atoms with Gasteiger partial charge < -0.3 is 10.6 Å². The van der Waals surface area contributed by atoms with Crippen LogP contribution in [0, 0.1) is 17.6 Å². The summed E-state index contributed by atoms with van der Waals surface area (Å²) in [6, 6.07) is 3.63. The summed E-state index contributed by atoms with van der Waals surface area (Å²) in [6.45, 7) is 3.28. The minimum atomic E-state index is -0.917. The van der Waals surface area contributed by atoms with Crippen molar-refractivity contribution in [3.63, 3.8) is 0 Å². The lowest BCUT2D eigenvalue weighted by atomic mass is 10.0. The van der Waals surface area contributed by atoms with Gasteiger partial charge in [-0.1, -0.05) is 6.07 Å². The molecule has 0 aliphatic carbocycles. The van der Waals surface area contributed by atoms with Crippen molar-refractivity contribution in [3.8, 4) is 0 Å². The second kappa shape index (κ2) is 5.65. The van der Waals surface area contributed by atoms with Crippen molar-refractivity contribution in [1.82, 2.24) is 4.90 Å². The lowest BCUT2D eigenvalue weighted by molar-refractivity contribution is -0.129. The van der Waals surface area contributed by atoms with Crippen molar-refractivity contribution in [1.29, 1.82) is 0 Å². The molecule has 1 aromatic rings. The molecule has 2 N–H and O–H groups in total. The summed E-state index contributed by atoms with van der Waals surface area (Å²) in [5.74, 6) is -1.54. The van der Waals surface area contributed by atoms with Gasteiger partial charge >= 0.3 is 0 Å². The molecule has 0 saturated carbocycles. The predicted octanol–water partition coefficient (Wildman–Crippen LogP) is 1.70. The van der Waals surface area contributed by atoms with E-state index in [0.717, 1.165) is 18.6 Å². The van der Waals surface area contributed by atoms with Gasteiger partial charge in [-0.25, -0.2) is 8.78 Å². The van der Waals surface area contributed by atoms with Crippen LogP contribution in [-0.2, 0) is 11.2 Å². The van der Waals surface area contributed by atoms with Crippen molar-refractivity contribution < 1.29 is 13.6 Å². The zero-order valence-electron chi connectivity index (χ0n) is 10.9. The molecule has 1 aromatic carbocycles. The molecular formula is C14H18F2N2O. The van der Waals surface area contributed by atoms with Gasteiger partial charge in [0.1, 0.15) is 0 Å². The van der Waals surface area contributed by atoms with E-state index in [1.54, 1.807) is 4.90 Å². The Morgan fingerprint density at radius 3 is 2.79 bits per heavy atom. The minimum Gasteiger partial charge on any atom is -0.342 e. The number of likely N-dealkylation sites (tertiary alicyclic amines) is 1. The maximum atomic E-state index is 13.1. The quantitative estimate of drug-likeness (QED) is 0.907. The van der Waals surface area contributed by atoms with Crippen LogP contribution in [0.3, 0.4) is 0 Å². The normalized spacial score (nSPS) is 20.6. The highest BCUT2D eigenvalue weighted by Crippen LogP contribution is 2.20. The van der Waals surface area contributed by atoms with E-state index in [4.69, 9.17) is 5.73 Å². The third-order valence-corrected chi connectivity index (χ3v) is 3.66. The first-order valence-electron chi connectivity index (χ1n) is 6.44. The molecule has 2 unspecified atom stereocenters. The second-order valence-corrected chi connectivity index (χ2v) is 5.17. The Balaban J connectivity index is 1.96. The molecule has 0 radical (unpaired) electrons. The number of rotatable bonds is 3. The number of carbonyl (C=O) groups excluding carboxylic acids is 1. The standard InChI is InChI=1S/C14H18F2N2O/c1-9(17)11-4-5-18(8-11)14(19)7-10-2-3-12(15)13(16)6-10/h2-3,6,9,11H,4-5,7-8,17H2,1H3. The van der Waals surface area contributed by atoms with Gasteiger partial charge in [0.25, 0.3) is 0 Å². The van der Waals surface area contributed by atoms with Crippen molar-refractivity contribution in [2.24, 2.45) is 11.7 Å². The third kappa shape index (κ3) is 3.29. The van der Waals surface area contributed by atoms with E-state index in [9.17, 15) is 13.6 Å². The highest BCUT2D eigenvalue weighted by Gasteiger charge is 2.28. The van der Waals surface area contributed by atoms with Crippen LogP contribution < -0.4 is 5.73 Å². The van der Waals surface area contributed by atoms with Crippen LogP contribution in [-0.4, -0.2) is 29.9 Å². The molecule has 5 heteroatoms. The average Bonchev–Trinajstić information content (AvgIpc) is 2.83. The lowest BCUT2D eigenvalue weighted by Gasteiger charge is -2.18. The predicted molar refractivity (Wildman–Crippen MR) is 68.4 cm³/mol. The van der Waals surface area contributed by atoms with Crippen molar-refractivity contribution in [2.45, 2.75) is 25.8 Å². The third-order valence-electron chi connectivity index (χ3n) is 3.66. The van der Waals surface area contributed by atoms with Gasteiger partial charge in [-0.05, 0) is 37.0 Å². The average molecular weight is 268 g/mol. The molecule has 1 aliphatic heterocycles. The fourth-order valence-electron chi connectivity index (χ4n) is 2.38. The Morgan fingerprint density at radius 2 is 2.21 bits per heavy atom. The molecule has 0 bridgehead atoms. The zero-order chi connectivity index (χ0) is 14.0. The molecule has 2 rings (SSSR count). The zero-order valence-corrected chi connectivity index (χ0v) is 10.9. The highest BCUT2D eigenvalue weighted by atomic mass is 19.2. The number of hydrogen-bond donors (Lipinski definition) is 1. The van der Waals surface area contributed by atoms with Crippen LogP contribution in [0.1, 0.15) is 18.9 Å². The number of benzene rings is 1. The summed E-state index contributed by atoms with van der Waals surface area (Å²) >= 11 is 0. The van der Waals surface area contributed by atoms with E-state index in [1.807, 2.05) is 6.92 Å². The van der Waals surface area contributed by atoms with Gasteiger partial charge in [0.2, 0.25) is 5.91 Å². The summed E-state index contributed by atoms with van der Waals surface area (Å²) in [6.07, 6.45) is 1.00. The van der Waals surface area contributed by atoms with Gasteiger partial charge in [0, 0.05) is 19.1 Å². The lowest BCUT2D eigenvalue weighted by Crippen LogP contribution is -2.33. The summed E-state index contributed by atoms with van der Waals surface area (Å²) in [4.78, 5) is 13.8. The summed E-state index contributed by atoms with van der Waals surface area (Å²) in [7, 11) is 0. The van der Waals surface area contributed by atoms with Crippen LogP contribution in [0.15, 0.2) is 18.2 Å². The van der Waals surface area contributed by atoms with E-state index < -0.39 is 11.6 Å². The second-order valence-electron chi connectivity index (χ2n) is 5.17. The van der Waals surface area contributed by atoms with Crippen LogP contribution in [0.5, 0.6) is 0 Å². The van der Waals surface area contributed by atoms with Crippen molar-refractivity contribution >= 4 is 5.91 Å². The Bertz CT molecular complexity index is 477. The number of hydrogen-bond acceptors (Lipinski definition) is 2. The topological polar surface area (TPSA) is 46.3 Å². The van der Waals surface area contributed by atoms with Gasteiger partial charge in [-0.15, -0.1) is 0 Å². The number of amides is 1. The SMILES string of the molecule is CC(N)C1CCN(C(=O)Cc2ccc(F)c(F)c2)C1. The minimum absolute atomic E-state index is 0.0610. The first-order valence-corrected chi connectivity index (χ1v) is 6.44. The number of halogens is 2. The number of nitrogens with zero attached hydrogens (tertiary/aromatic N) is 1. The van der Waals surface area contributed by atoms with E-state index >= 15 is 0 Å². The monoisotopic (exact) mass is 268 g/mol. The molecule has 1 amide bonds. The van der Waals surface area contributed by atoms with E-state index in [1.165, 1.54) is 6.07 Å². The molecule has 0 aromatic heterocycles. The Labute approximate surface area is 111 Å². The maximum Gasteiger partial charge on any atom is 0.227 e. The molecule has 1 saturated heterocycles. The van der Waals surface area contributed by atoms with E-state index in [2.05, 4.69) is 0 Å². The van der Waals surface area contributed by atoms with Gasteiger partial charge in [-0.2, -0.15) is 0 Å². The Kier molecular flexibility index (Phi) is 4.14. The van der Waals surface area contributed by atoms with Gasteiger partial charge in [0.05, 0.1) is 6.42 Å². The van der Waals surface area contributed by atoms with Crippen LogP contribution in [0.4, 0.5) is 8.78 Å². The molecular weight excluding hydrogens is 250 g/mol. The number of carbonyl (C=O) groups is 1. The van der Waals surface area contributed by atoms with Crippen molar-refractivity contribution in [3.05, 3.63) is 35.4 Å². The van der Waals surface area contributed by atoms with E-state index in [0.29, 0.717) is 24.6 Å². The van der Waals surface area contributed by atoms with Crippen LogP contribution in [0.2, 0.25) is 0 Å². The smallest absolute Gasteiger partial charge is 0.227 e. The summed E-state index contributed by atoms with van der Waals surface area (Å²) < 4.78 is 25.9.